The van der Waals surface area contributed by atoms with Crippen LogP contribution < -0.4 is 5.43 Å². The summed E-state index contributed by atoms with van der Waals surface area (Å²) in [6.07, 6.45) is 3.99. The largest absolute Gasteiger partial charge is 0.372 e. The van der Waals surface area contributed by atoms with Crippen molar-refractivity contribution < 1.29 is 13.9 Å². The highest BCUT2D eigenvalue weighted by molar-refractivity contribution is 6.35. The number of rotatable bonds is 4. The van der Waals surface area contributed by atoms with Gasteiger partial charge in [0.25, 0.3) is 5.91 Å². The quantitative estimate of drug-likeness (QED) is 0.555. The van der Waals surface area contributed by atoms with Gasteiger partial charge in [0.1, 0.15) is 5.82 Å². The standard InChI is InChI=1S/C24H21Cl2FN4O2/c25-17-5-8-21(20(26)12-17)31-23-16(11-15-3-6-18(27)7-4-15)13-33-14-19(23)22(28-31)24(32)29-30-9-1-2-10-30/h3-8,11-12H,1-2,9-10,13-14H2,(H,29,32)/b16-11+. The summed E-state index contributed by atoms with van der Waals surface area (Å²) in [6.45, 7) is 2.17. The Labute approximate surface area is 200 Å². The van der Waals surface area contributed by atoms with E-state index in [1.54, 1.807) is 35.0 Å². The zero-order valence-electron chi connectivity index (χ0n) is 17.7. The van der Waals surface area contributed by atoms with Gasteiger partial charge in [-0.25, -0.2) is 14.1 Å². The number of fused-ring (bicyclic) bond motifs is 1. The van der Waals surface area contributed by atoms with Gasteiger partial charge in [-0.3, -0.25) is 10.2 Å². The monoisotopic (exact) mass is 486 g/mol. The van der Waals surface area contributed by atoms with Crippen molar-refractivity contribution in [2.24, 2.45) is 0 Å². The maximum atomic E-state index is 13.4. The summed E-state index contributed by atoms with van der Waals surface area (Å²) in [7, 11) is 0. The first-order valence-corrected chi connectivity index (χ1v) is 11.4. The van der Waals surface area contributed by atoms with Gasteiger partial charge >= 0.3 is 0 Å². The van der Waals surface area contributed by atoms with E-state index in [2.05, 4.69) is 10.5 Å². The summed E-state index contributed by atoms with van der Waals surface area (Å²) in [6, 6.07) is 11.3. The molecule has 170 valence electrons. The fourth-order valence-corrected chi connectivity index (χ4v) is 4.64. The molecule has 33 heavy (non-hydrogen) atoms. The molecule has 0 spiro atoms. The van der Waals surface area contributed by atoms with Crippen LogP contribution in [0, 0.1) is 5.82 Å². The molecule has 1 saturated heterocycles. The average molecular weight is 487 g/mol. The lowest BCUT2D eigenvalue weighted by Gasteiger charge is -2.20. The number of carbonyl (C=O) groups excluding carboxylic acids is 1. The van der Waals surface area contributed by atoms with Crippen LogP contribution in [-0.4, -0.2) is 40.4 Å². The number of benzene rings is 2. The highest BCUT2D eigenvalue weighted by Gasteiger charge is 2.30. The van der Waals surface area contributed by atoms with Crippen LogP contribution in [0.25, 0.3) is 17.3 Å². The lowest BCUT2D eigenvalue weighted by Crippen LogP contribution is -2.40. The third kappa shape index (κ3) is 4.54. The molecule has 2 aliphatic rings. The normalized spacial score (nSPS) is 17.4. The van der Waals surface area contributed by atoms with Gasteiger partial charge in [-0.2, -0.15) is 5.10 Å². The van der Waals surface area contributed by atoms with Crippen molar-refractivity contribution in [3.8, 4) is 5.69 Å². The molecule has 6 nitrogen and oxygen atoms in total. The van der Waals surface area contributed by atoms with Gasteiger partial charge in [-0.15, -0.1) is 0 Å². The van der Waals surface area contributed by atoms with Gasteiger partial charge in [0.2, 0.25) is 0 Å². The second kappa shape index (κ2) is 9.27. The van der Waals surface area contributed by atoms with Gasteiger partial charge in [-0.05, 0) is 54.8 Å². The molecule has 1 N–H and O–H groups in total. The molecule has 1 fully saturated rings. The topological polar surface area (TPSA) is 59.4 Å². The predicted octanol–water partition coefficient (Wildman–Crippen LogP) is 5.13. The molecule has 0 saturated carbocycles. The van der Waals surface area contributed by atoms with Gasteiger partial charge in [-0.1, -0.05) is 35.3 Å². The third-order valence-electron chi connectivity index (χ3n) is 5.72. The zero-order chi connectivity index (χ0) is 22.9. The molecule has 0 aliphatic carbocycles. The highest BCUT2D eigenvalue weighted by atomic mass is 35.5. The molecule has 1 aromatic heterocycles. The van der Waals surface area contributed by atoms with Crippen molar-refractivity contribution in [3.63, 3.8) is 0 Å². The number of hydrogen-bond donors (Lipinski definition) is 1. The molecule has 0 bridgehead atoms. The Morgan fingerprint density at radius 1 is 1.09 bits per heavy atom. The number of aromatic nitrogens is 2. The van der Waals surface area contributed by atoms with Crippen molar-refractivity contribution in [2.45, 2.75) is 19.4 Å². The van der Waals surface area contributed by atoms with Crippen LogP contribution in [0.3, 0.4) is 0 Å². The number of nitrogens with zero attached hydrogens (tertiary/aromatic N) is 3. The number of carbonyl (C=O) groups is 1. The molecule has 5 rings (SSSR count). The summed E-state index contributed by atoms with van der Waals surface area (Å²) in [5, 5.41) is 7.49. The van der Waals surface area contributed by atoms with Crippen molar-refractivity contribution >= 4 is 40.8 Å². The molecule has 9 heteroatoms. The average Bonchev–Trinajstić information content (AvgIpc) is 3.44. The van der Waals surface area contributed by atoms with E-state index in [9.17, 15) is 9.18 Å². The summed E-state index contributed by atoms with van der Waals surface area (Å²) in [4.78, 5) is 13.2. The molecular formula is C24H21Cl2FN4O2. The zero-order valence-corrected chi connectivity index (χ0v) is 19.2. The lowest BCUT2D eigenvalue weighted by molar-refractivity contribution is 0.0813. The highest BCUT2D eigenvalue weighted by Crippen LogP contribution is 2.34. The number of halogens is 3. The third-order valence-corrected chi connectivity index (χ3v) is 6.26. The van der Waals surface area contributed by atoms with E-state index in [1.165, 1.54) is 12.1 Å². The van der Waals surface area contributed by atoms with E-state index in [0.717, 1.165) is 42.8 Å². The Bertz CT molecular complexity index is 1230. The molecule has 3 aromatic rings. The predicted molar refractivity (Wildman–Crippen MR) is 126 cm³/mol. The first kappa shape index (κ1) is 22.1. The Morgan fingerprint density at radius 3 is 2.58 bits per heavy atom. The minimum atomic E-state index is -0.309. The Hall–Kier alpha value is -2.71. The van der Waals surface area contributed by atoms with E-state index in [0.29, 0.717) is 27.9 Å². The van der Waals surface area contributed by atoms with Crippen LogP contribution in [0.15, 0.2) is 42.5 Å². The van der Waals surface area contributed by atoms with Crippen molar-refractivity contribution in [3.05, 3.63) is 80.8 Å². The van der Waals surface area contributed by atoms with Crippen molar-refractivity contribution in [1.29, 1.82) is 0 Å². The van der Waals surface area contributed by atoms with Crippen LogP contribution in [0.5, 0.6) is 0 Å². The Morgan fingerprint density at radius 2 is 1.85 bits per heavy atom. The molecule has 0 atom stereocenters. The van der Waals surface area contributed by atoms with Crippen molar-refractivity contribution in [2.75, 3.05) is 19.7 Å². The Kier molecular flexibility index (Phi) is 6.21. The maximum absolute atomic E-state index is 13.4. The molecule has 2 aromatic carbocycles. The van der Waals surface area contributed by atoms with Crippen LogP contribution >= 0.6 is 23.2 Å². The number of nitrogens with one attached hydrogen (secondary N) is 1. The van der Waals surface area contributed by atoms with Crippen LogP contribution in [0.2, 0.25) is 10.0 Å². The minimum Gasteiger partial charge on any atom is -0.372 e. The minimum absolute atomic E-state index is 0.240. The second-order valence-electron chi connectivity index (χ2n) is 8.03. The van der Waals surface area contributed by atoms with E-state index < -0.39 is 0 Å². The smallest absolute Gasteiger partial charge is 0.286 e. The summed E-state index contributed by atoms with van der Waals surface area (Å²) in [5.74, 6) is -0.597. The van der Waals surface area contributed by atoms with Gasteiger partial charge in [0.15, 0.2) is 5.69 Å². The summed E-state index contributed by atoms with van der Waals surface area (Å²) >= 11 is 12.6. The fraction of sp³-hybridized carbons (Fsp3) is 0.250. The van der Waals surface area contributed by atoms with Crippen molar-refractivity contribution in [1.82, 2.24) is 20.2 Å². The van der Waals surface area contributed by atoms with Crippen LogP contribution in [-0.2, 0) is 11.3 Å². The fourth-order valence-electron chi connectivity index (χ4n) is 4.15. The van der Waals surface area contributed by atoms with Crippen LogP contribution in [0.1, 0.15) is 40.2 Å². The van der Waals surface area contributed by atoms with Gasteiger partial charge in [0, 0.05) is 29.2 Å². The van der Waals surface area contributed by atoms with E-state index in [1.807, 2.05) is 11.1 Å². The summed E-state index contributed by atoms with van der Waals surface area (Å²) < 4.78 is 20.9. The number of ether oxygens (including phenoxy) is 1. The van der Waals surface area contributed by atoms with Gasteiger partial charge < -0.3 is 4.74 Å². The first-order chi connectivity index (χ1) is 16.0. The van der Waals surface area contributed by atoms with Crippen LogP contribution in [0.4, 0.5) is 4.39 Å². The molecular weight excluding hydrogens is 466 g/mol. The lowest BCUT2D eigenvalue weighted by atomic mass is 10.0. The van der Waals surface area contributed by atoms with E-state index >= 15 is 0 Å². The number of amides is 1. The number of hydrogen-bond acceptors (Lipinski definition) is 4. The molecule has 3 heterocycles. The maximum Gasteiger partial charge on any atom is 0.286 e. The summed E-state index contributed by atoms with van der Waals surface area (Å²) in [5.41, 5.74) is 6.87. The van der Waals surface area contributed by atoms with E-state index in [-0.39, 0.29) is 24.0 Å². The second-order valence-corrected chi connectivity index (χ2v) is 8.88. The van der Waals surface area contributed by atoms with E-state index in [4.69, 9.17) is 27.9 Å². The first-order valence-electron chi connectivity index (χ1n) is 10.7. The molecule has 2 aliphatic heterocycles. The number of hydrazine groups is 1. The molecule has 0 unspecified atom stereocenters. The van der Waals surface area contributed by atoms with Gasteiger partial charge in [0.05, 0.1) is 29.6 Å². The Balaban J connectivity index is 1.63. The molecule has 0 radical (unpaired) electrons. The molecule has 1 amide bonds. The SMILES string of the molecule is O=C(NN1CCCC1)c1nn(-c2ccc(Cl)cc2Cl)c2c1COC/C2=C\c1ccc(F)cc1.